The van der Waals surface area contributed by atoms with Crippen molar-refractivity contribution in [2.24, 2.45) is 0 Å². The molecule has 7 heteroatoms. The van der Waals surface area contributed by atoms with Gasteiger partial charge in [0.2, 0.25) is 5.89 Å². The Labute approximate surface area is 190 Å². The fourth-order valence-electron chi connectivity index (χ4n) is 3.55. The molecule has 0 radical (unpaired) electrons. The minimum atomic E-state index is -0.756. The third-order valence-electron chi connectivity index (χ3n) is 5.09. The van der Waals surface area contributed by atoms with Crippen molar-refractivity contribution in [3.8, 4) is 17.5 Å². The van der Waals surface area contributed by atoms with Crippen LogP contribution in [0.25, 0.3) is 33.3 Å². The Bertz CT molecular complexity index is 1570. The zero-order valence-electron chi connectivity index (χ0n) is 16.4. The minimum Gasteiger partial charge on any atom is -0.436 e. The second kappa shape index (κ2) is 7.91. The maximum atomic E-state index is 14.1. The van der Waals surface area contributed by atoms with E-state index in [9.17, 15) is 9.18 Å². The van der Waals surface area contributed by atoms with E-state index in [4.69, 9.17) is 9.68 Å². The average molecular weight is 486 g/mol. The van der Waals surface area contributed by atoms with Crippen molar-refractivity contribution in [1.29, 1.82) is 5.26 Å². The summed E-state index contributed by atoms with van der Waals surface area (Å²) in [6, 6.07) is 22.4. The van der Waals surface area contributed by atoms with Gasteiger partial charge in [-0.15, -0.1) is 0 Å². The fraction of sp³-hybridized carbons (Fsp3) is 0. The number of hydrogen-bond donors (Lipinski definition) is 1. The Kier molecular flexibility index (Phi) is 4.92. The van der Waals surface area contributed by atoms with Crippen molar-refractivity contribution in [2.45, 2.75) is 0 Å². The van der Waals surface area contributed by atoms with Gasteiger partial charge >= 0.3 is 0 Å². The van der Waals surface area contributed by atoms with Crippen molar-refractivity contribution >= 4 is 49.4 Å². The first-order valence-electron chi connectivity index (χ1n) is 9.63. The summed E-state index contributed by atoms with van der Waals surface area (Å²) in [7, 11) is 0. The lowest BCUT2D eigenvalue weighted by Gasteiger charge is -2.06. The number of anilines is 1. The molecule has 0 aliphatic heterocycles. The molecule has 1 heterocycles. The number of oxazole rings is 1. The molecule has 0 bridgehead atoms. The lowest BCUT2D eigenvalue weighted by atomic mass is 10.0. The van der Waals surface area contributed by atoms with Crippen LogP contribution in [-0.2, 0) is 0 Å². The summed E-state index contributed by atoms with van der Waals surface area (Å²) in [5.41, 5.74) is 2.43. The Morgan fingerprint density at radius 3 is 2.66 bits per heavy atom. The average Bonchev–Trinajstić information content (AvgIpc) is 3.22. The van der Waals surface area contributed by atoms with Crippen molar-refractivity contribution in [3.05, 3.63) is 94.2 Å². The molecule has 0 saturated carbocycles. The number of halogens is 2. The van der Waals surface area contributed by atoms with Crippen LogP contribution in [0.3, 0.4) is 0 Å². The van der Waals surface area contributed by atoms with Crippen LogP contribution in [0, 0.1) is 17.1 Å². The lowest BCUT2D eigenvalue weighted by Crippen LogP contribution is -2.13. The molecule has 0 aliphatic carbocycles. The molecule has 0 spiro atoms. The largest absolute Gasteiger partial charge is 0.436 e. The molecule has 5 nitrogen and oxygen atoms in total. The number of rotatable bonds is 3. The molecule has 1 N–H and O–H groups in total. The standard InChI is InChI=1S/C25H13BrFN3O2/c26-20-6-2-3-16-17(20)4-1-5-18(16)25-30-22-12-15(8-10-23(22)32-25)29-24(31)19-9-7-14(13-28)11-21(19)27/h1-12H,(H,29,31). The van der Waals surface area contributed by atoms with E-state index in [0.717, 1.165) is 26.9 Å². The molecule has 0 fully saturated rings. The second-order valence-corrected chi connectivity index (χ2v) is 7.96. The highest BCUT2D eigenvalue weighted by atomic mass is 79.9. The van der Waals surface area contributed by atoms with Crippen LogP contribution in [0.2, 0.25) is 0 Å². The number of hydrogen-bond acceptors (Lipinski definition) is 4. The van der Waals surface area contributed by atoms with Crippen molar-refractivity contribution in [3.63, 3.8) is 0 Å². The summed E-state index contributed by atoms with van der Waals surface area (Å²) in [5.74, 6) is -0.909. The molecule has 0 aliphatic rings. The predicted molar refractivity (Wildman–Crippen MR) is 124 cm³/mol. The monoisotopic (exact) mass is 485 g/mol. The highest BCUT2D eigenvalue weighted by Crippen LogP contribution is 2.34. The molecule has 154 valence electrons. The quantitative estimate of drug-likeness (QED) is 0.309. The number of benzene rings is 4. The van der Waals surface area contributed by atoms with Crippen LogP contribution in [0.5, 0.6) is 0 Å². The highest BCUT2D eigenvalue weighted by molar-refractivity contribution is 9.10. The first-order chi connectivity index (χ1) is 15.5. The molecule has 0 unspecified atom stereocenters. The maximum absolute atomic E-state index is 14.1. The predicted octanol–water partition coefficient (Wildman–Crippen LogP) is 6.67. The second-order valence-electron chi connectivity index (χ2n) is 7.10. The number of nitrogens with one attached hydrogen (secondary N) is 1. The van der Waals surface area contributed by atoms with E-state index in [1.807, 2.05) is 42.5 Å². The number of aromatic nitrogens is 1. The minimum absolute atomic E-state index is 0.147. The van der Waals surface area contributed by atoms with Crippen LogP contribution in [0.1, 0.15) is 15.9 Å². The first kappa shape index (κ1) is 19.9. The van der Waals surface area contributed by atoms with E-state index in [2.05, 4.69) is 26.2 Å². The number of amides is 1. The Balaban J connectivity index is 1.48. The van der Waals surface area contributed by atoms with Crippen molar-refractivity contribution in [2.75, 3.05) is 5.32 Å². The summed E-state index contributed by atoms with van der Waals surface area (Å²) in [5, 5.41) is 13.6. The van der Waals surface area contributed by atoms with Gasteiger partial charge in [-0.25, -0.2) is 9.37 Å². The molecular weight excluding hydrogens is 473 g/mol. The maximum Gasteiger partial charge on any atom is 0.258 e. The molecule has 32 heavy (non-hydrogen) atoms. The van der Waals surface area contributed by atoms with Crippen LogP contribution < -0.4 is 5.32 Å². The number of carbonyl (C=O) groups is 1. The van der Waals surface area contributed by atoms with Crippen LogP contribution in [-0.4, -0.2) is 10.9 Å². The van der Waals surface area contributed by atoms with Gasteiger partial charge in [-0.05, 0) is 59.3 Å². The number of fused-ring (bicyclic) bond motifs is 2. The van der Waals surface area contributed by atoms with Gasteiger partial charge in [0.15, 0.2) is 5.58 Å². The number of carbonyl (C=O) groups excluding carboxylic acids is 1. The summed E-state index contributed by atoms with van der Waals surface area (Å²) in [4.78, 5) is 17.1. The van der Waals surface area contributed by atoms with E-state index in [-0.39, 0.29) is 11.1 Å². The van der Waals surface area contributed by atoms with Gasteiger partial charge in [0.25, 0.3) is 5.91 Å². The van der Waals surface area contributed by atoms with Gasteiger partial charge in [0.05, 0.1) is 17.2 Å². The molecule has 5 aromatic rings. The van der Waals surface area contributed by atoms with Gasteiger partial charge < -0.3 is 9.73 Å². The molecule has 1 amide bonds. The Hall–Kier alpha value is -4.02. The molecular formula is C25H13BrFN3O2. The number of nitrogens with zero attached hydrogens (tertiary/aromatic N) is 2. The third-order valence-corrected chi connectivity index (χ3v) is 5.78. The smallest absolute Gasteiger partial charge is 0.258 e. The van der Waals surface area contributed by atoms with Crippen molar-refractivity contribution < 1.29 is 13.6 Å². The fourth-order valence-corrected chi connectivity index (χ4v) is 4.04. The summed E-state index contributed by atoms with van der Waals surface area (Å²) < 4.78 is 21.1. The molecule has 0 atom stereocenters. The normalized spacial score (nSPS) is 10.9. The van der Waals surface area contributed by atoms with Gasteiger partial charge in [0.1, 0.15) is 11.3 Å². The zero-order chi connectivity index (χ0) is 22.2. The van der Waals surface area contributed by atoms with E-state index >= 15 is 0 Å². The molecule has 1 aromatic heterocycles. The molecule has 5 rings (SSSR count). The zero-order valence-corrected chi connectivity index (χ0v) is 18.0. The van der Waals surface area contributed by atoms with Gasteiger partial charge in [-0.2, -0.15) is 5.26 Å². The van der Waals surface area contributed by atoms with E-state index in [1.54, 1.807) is 18.2 Å². The number of nitriles is 1. The van der Waals surface area contributed by atoms with E-state index < -0.39 is 11.7 Å². The Morgan fingerprint density at radius 1 is 1.03 bits per heavy atom. The summed E-state index contributed by atoms with van der Waals surface area (Å²) in [6.45, 7) is 0. The molecule has 4 aromatic carbocycles. The highest BCUT2D eigenvalue weighted by Gasteiger charge is 2.15. The summed E-state index contributed by atoms with van der Waals surface area (Å²) >= 11 is 3.57. The Morgan fingerprint density at radius 2 is 1.84 bits per heavy atom. The van der Waals surface area contributed by atoms with Crippen LogP contribution in [0.15, 0.2) is 81.7 Å². The van der Waals surface area contributed by atoms with Crippen LogP contribution in [0.4, 0.5) is 10.1 Å². The lowest BCUT2D eigenvalue weighted by molar-refractivity contribution is 0.102. The summed E-state index contributed by atoms with van der Waals surface area (Å²) in [6.07, 6.45) is 0. The van der Waals surface area contributed by atoms with E-state index in [0.29, 0.717) is 22.7 Å². The SMILES string of the molecule is N#Cc1ccc(C(=O)Nc2ccc3oc(-c4cccc5c(Br)cccc45)nc3c2)c(F)c1. The van der Waals surface area contributed by atoms with Gasteiger partial charge in [-0.3, -0.25) is 4.79 Å². The topological polar surface area (TPSA) is 78.9 Å². The van der Waals surface area contributed by atoms with E-state index in [1.165, 1.54) is 12.1 Å². The van der Waals surface area contributed by atoms with Gasteiger partial charge in [-0.1, -0.05) is 40.2 Å². The van der Waals surface area contributed by atoms with Crippen molar-refractivity contribution in [1.82, 2.24) is 4.98 Å². The van der Waals surface area contributed by atoms with Gasteiger partial charge in [0, 0.05) is 15.7 Å². The van der Waals surface area contributed by atoms with Crippen LogP contribution >= 0.6 is 15.9 Å². The first-order valence-corrected chi connectivity index (χ1v) is 10.4. The molecule has 0 saturated heterocycles. The third kappa shape index (κ3) is 3.51.